The van der Waals surface area contributed by atoms with Crippen molar-refractivity contribution in [2.75, 3.05) is 0 Å². The van der Waals surface area contributed by atoms with Crippen LogP contribution in [0.25, 0.3) is 11.4 Å². The van der Waals surface area contributed by atoms with Crippen molar-refractivity contribution in [3.63, 3.8) is 0 Å². The molecule has 1 aliphatic rings. The zero-order valence-electron chi connectivity index (χ0n) is 10.8. The monoisotopic (exact) mass is 336 g/mol. The Hall–Kier alpha value is -1.49. The third-order valence-electron chi connectivity index (χ3n) is 3.67. The van der Waals surface area contributed by atoms with Crippen LogP contribution in [0, 0.1) is 5.82 Å². The number of rotatable bonds is 2. The summed E-state index contributed by atoms with van der Waals surface area (Å²) in [5, 5.41) is 0. The first-order chi connectivity index (χ1) is 9.61. The van der Waals surface area contributed by atoms with Gasteiger partial charge in [0.25, 0.3) is 5.56 Å². The van der Waals surface area contributed by atoms with Gasteiger partial charge >= 0.3 is 0 Å². The number of halogens is 2. The molecule has 1 aromatic heterocycles. The topological polar surface area (TPSA) is 45.8 Å². The minimum absolute atomic E-state index is 0.183. The van der Waals surface area contributed by atoms with E-state index in [1.54, 1.807) is 12.1 Å². The van der Waals surface area contributed by atoms with Crippen molar-refractivity contribution in [1.82, 2.24) is 9.97 Å². The van der Waals surface area contributed by atoms with Gasteiger partial charge in [-0.1, -0.05) is 28.8 Å². The molecule has 0 aliphatic heterocycles. The molecule has 0 saturated heterocycles. The number of H-pyrrole nitrogens is 1. The van der Waals surface area contributed by atoms with E-state index in [9.17, 15) is 9.18 Å². The summed E-state index contributed by atoms with van der Waals surface area (Å²) in [4.78, 5) is 19.0. The first kappa shape index (κ1) is 13.5. The standard InChI is InChI=1S/C15H14BrFN2O/c16-11-5-10(6-12(17)7-11)15-18-13(8-14(20)19-15)9-3-1-2-4-9/h5-9H,1-4H2,(H,18,19,20). The van der Waals surface area contributed by atoms with Gasteiger partial charge in [-0.05, 0) is 31.0 Å². The van der Waals surface area contributed by atoms with Crippen LogP contribution >= 0.6 is 15.9 Å². The molecule has 5 heteroatoms. The van der Waals surface area contributed by atoms with Crippen LogP contribution in [0.5, 0.6) is 0 Å². The zero-order chi connectivity index (χ0) is 14.1. The lowest BCUT2D eigenvalue weighted by Crippen LogP contribution is -2.12. The molecule has 20 heavy (non-hydrogen) atoms. The number of hydrogen-bond donors (Lipinski definition) is 1. The fraction of sp³-hybridized carbons (Fsp3) is 0.333. The van der Waals surface area contributed by atoms with Gasteiger partial charge in [-0.3, -0.25) is 4.79 Å². The van der Waals surface area contributed by atoms with Crippen molar-refractivity contribution in [3.05, 3.63) is 50.6 Å². The molecule has 0 atom stereocenters. The third kappa shape index (κ3) is 2.82. The van der Waals surface area contributed by atoms with Gasteiger partial charge in [0.05, 0.1) is 5.69 Å². The van der Waals surface area contributed by atoms with Crippen LogP contribution in [0.1, 0.15) is 37.3 Å². The van der Waals surface area contributed by atoms with Crippen LogP contribution in [0.2, 0.25) is 0 Å². The smallest absolute Gasteiger partial charge is 0.251 e. The highest BCUT2D eigenvalue weighted by Crippen LogP contribution is 2.33. The normalized spacial score (nSPS) is 15.7. The molecule has 3 rings (SSSR count). The average Bonchev–Trinajstić information content (AvgIpc) is 2.90. The van der Waals surface area contributed by atoms with Gasteiger partial charge in [0.1, 0.15) is 11.6 Å². The molecule has 0 unspecified atom stereocenters. The van der Waals surface area contributed by atoms with Gasteiger partial charge in [-0.15, -0.1) is 0 Å². The van der Waals surface area contributed by atoms with Gasteiger partial charge in [-0.2, -0.15) is 0 Å². The summed E-state index contributed by atoms with van der Waals surface area (Å²) in [5.74, 6) is 0.427. The van der Waals surface area contributed by atoms with Gasteiger partial charge in [0.15, 0.2) is 0 Å². The molecule has 0 radical (unpaired) electrons. The van der Waals surface area contributed by atoms with E-state index in [2.05, 4.69) is 25.9 Å². The summed E-state index contributed by atoms with van der Waals surface area (Å²) in [6.07, 6.45) is 4.51. The number of aromatic nitrogens is 2. The van der Waals surface area contributed by atoms with Crippen molar-refractivity contribution in [2.24, 2.45) is 0 Å². The van der Waals surface area contributed by atoms with Gasteiger partial charge < -0.3 is 4.98 Å². The van der Waals surface area contributed by atoms with E-state index in [1.165, 1.54) is 25.0 Å². The Kier molecular flexibility index (Phi) is 3.70. The lowest BCUT2D eigenvalue weighted by atomic mass is 10.0. The van der Waals surface area contributed by atoms with E-state index < -0.39 is 0 Å². The van der Waals surface area contributed by atoms with E-state index >= 15 is 0 Å². The zero-order valence-corrected chi connectivity index (χ0v) is 12.4. The minimum Gasteiger partial charge on any atom is -0.307 e. The molecule has 1 aromatic carbocycles. The predicted octanol–water partition coefficient (Wildman–Crippen LogP) is 4.00. The molecule has 1 fully saturated rings. The Bertz CT molecular complexity index is 672. The van der Waals surface area contributed by atoms with Crippen LogP contribution in [-0.2, 0) is 0 Å². The SMILES string of the molecule is O=c1cc(C2CCCC2)nc(-c2cc(F)cc(Br)c2)[nH]1. The summed E-state index contributed by atoms with van der Waals surface area (Å²) in [6, 6.07) is 6.07. The second-order valence-corrected chi connectivity index (χ2v) is 6.07. The molecule has 1 heterocycles. The maximum Gasteiger partial charge on any atom is 0.251 e. The molecule has 1 saturated carbocycles. The van der Waals surface area contributed by atoms with Gasteiger partial charge in [0.2, 0.25) is 0 Å². The van der Waals surface area contributed by atoms with Crippen LogP contribution in [0.4, 0.5) is 4.39 Å². The van der Waals surface area contributed by atoms with Crippen molar-refractivity contribution < 1.29 is 4.39 Å². The highest BCUT2D eigenvalue weighted by molar-refractivity contribution is 9.10. The lowest BCUT2D eigenvalue weighted by Gasteiger charge is -2.10. The summed E-state index contributed by atoms with van der Waals surface area (Å²) >= 11 is 3.25. The third-order valence-corrected chi connectivity index (χ3v) is 4.13. The molecular formula is C15H14BrFN2O. The van der Waals surface area contributed by atoms with Crippen LogP contribution < -0.4 is 5.56 Å². The lowest BCUT2D eigenvalue weighted by molar-refractivity contribution is 0.627. The van der Waals surface area contributed by atoms with Crippen LogP contribution in [0.15, 0.2) is 33.5 Å². The number of nitrogens with zero attached hydrogens (tertiary/aromatic N) is 1. The first-order valence-electron chi connectivity index (χ1n) is 6.69. The van der Waals surface area contributed by atoms with Crippen LogP contribution in [0.3, 0.4) is 0 Å². The largest absolute Gasteiger partial charge is 0.307 e. The maximum atomic E-state index is 13.5. The summed E-state index contributed by atoms with van der Waals surface area (Å²) < 4.78 is 14.1. The van der Waals surface area contributed by atoms with Crippen molar-refractivity contribution in [2.45, 2.75) is 31.6 Å². The molecular weight excluding hydrogens is 323 g/mol. The van der Waals surface area contributed by atoms with E-state index in [-0.39, 0.29) is 11.4 Å². The molecule has 0 bridgehead atoms. The molecule has 1 aliphatic carbocycles. The quantitative estimate of drug-likeness (QED) is 0.900. The van der Waals surface area contributed by atoms with Crippen molar-refractivity contribution in [1.29, 1.82) is 0 Å². The fourth-order valence-electron chi connectivity index (χ4n) is 2.73. The Labute approximate surface area is 124 Å². The second-order valence-electron chi connectivity index (χ2n) is 5.16. The Morgan fingerprint density at radius 1 is 1.20 bits per heavy atom. The van der Waals surface area contributed by atoms with E-state index in [4.69, 9.17) is 0 Å². The molecule has 0 spiro atoms. The average molecular weight is 337 g/mol. The Morgan fingerprint density at radius 3 is 2.65 bits per heavy atom. The fourth-order valence-corrected chi connectivity index (χ4v) is 3.20. The predicted molar refractivity (Wildman–Crippen MR) is 79.2 cm³/mol. The van der Waals surface area contributed by atoms with E-state index in [0.717, 1.165) is 18.5 Å². The number of aromatic amines is 1. The first-order valence-corrected chi connectivity index (χ1v) is 7.49. The summed E-state index contributed by atoms with van der Waals surface area (Å²) in [5.41, 5.74) is 1.22. The minimum atomic E-state index is -0.358. The van der Waals surface area contributed by atoms with Crippen molar-refractivity contribution >= 4 is 15.9 Å². The molecule has 1 N–H and O–H groups in total. The van der Waals surface area contributed by atoms with Gasteiger partial charge in [0, 0.05) is 22.0 Å². The molecule has 0 amide bonds. The molecule has 3 nitrogen and oxygen atoms in total. The van der Waals surface area contributed by atoms with Crippen molar-refractivity contribution in [3.8, 4) is 11.4 Å². The second kappa shape index (κ2) is 5.48. The summed E-state index contributed by atoms with van der Waals surface area (Å²) in [7, 11) is 0. The number of nitrogens with one attached hydrogen (secondary N) is 1. The Balaban J connectivity index is 2.06. The van der Waals surface area contributed by atoms with E-state index in [0.29, 0.717) is 21.8 Å². The highest BCUT2D eigenvalue weighted by Gasteiger charge is 2.19. The number of benzene rings is 1. The molecule has 104 valence electrons. The van der Waals surface area contributed by atoms with Crippen LogP contribution in [-0.4, -0.2) is 9.97 Å². The maximum absolute atomic E-state index is 13.5. The molecule has 2 aromatic rings. The summed E-state index contributed by atoms with van der Waals surface area (Å²) in [6.45, 7) is 0. The Morgan fingerprint density at radius 2 is 1.95 bits per heavy atom. The van der Waals surface area contributed by atoms with E-state index in [1.807, 2.05) is 0 Å². The highest BCUT2D eigenvalue weighted by atomic mass is 79.9. The number of hydrogen-bond acceptors (Lipinski definition) is 2. The van der Waals surface area contributed by atoms with Gasteiger partial charge in [-0.25, -0.2) is 9.37 Å².